The van der Waals surface area contributed by atoms with E-state index in [9.17, 15) is 4.79 Å². The van der Waals surface area contributed by atoms with Crippen LogP contribution in [0.15, 0.2) is 45.8 Å². The number of nitrogens with one attached hydrogen (secondary N) is 1. The summed E-state index contributed by atoms with van der Waals surface area (Å²) in [6.07, 6.45) is 0. The molecule has 2 aromatic carbocycles. The molecule has 3 nitrogen and oxygen atoms in total. The highest BCUT2D eigenvalue weighted by Gasteiger charge is 2.08. The van der Waals surface area contributed by atoms with E-state index >= 15 is 0 Å². The van der Waals surface area contributed by atoms with E-state index in [1.807, 2.05) is 50.2 Å². The van der Waals surface area contributed by atoms with Gasteiger partial charge in [-0.05, 0) is 49.2 Å². The van der Waals surface area contributed by atoms with Crippen LogP contribution in [0.3, 0.4) is 0 Å². The van der Waals surface area contributed by atoms with Gasteiger partial charge in [-0.1, -0.05) is 28.1 Å². The van der Waals surface area contributed by atoms with Gasteiger partial charge in [-0.3, -0.25) is 4.79 Å². The van der Waals surface area contributed by atoms with Crippen molar-refractivity contribution in [1.29, 1.82) is 0 Å². The van der Waals surface area contributed by atoms with Crippen LogP contribution in [0.2, 0.25) is 0 Å². The summed E-state index contributed by atoms with van der Waals surface area (Å²) in [5.41, 5.74) is 9.64. The van der Waals surface area contributed by atoms with Crippen molar-refractivity contribution in [3.05, 3.63) is 52.0 Å². The van der Waals surface area contributed by atoms with Crippen LogP contribution >= 0.6 is 27.7 Å². The van der Waals surface area contributed by atoms with Crippen molar-refractivity contribution in [2.45, 2.75) is 18.7 Å². The van der Waals surface area contributed by atoms with Gasteiger partial charge in [-0.25, -0.2) is 0 Å². The number of anilines is 2. The minimum atomic E-state index is -0.0315. The van der Waals surface area contributed by atoms with Gasteiger partial charge in [0.1, 0.15) is 0 Å². The fourth-order valence-corrected chi connectivity index (χ4v) is 2.98. The lowest BCUT2D eigenvalue weighted by atomic mass is 10.1. The van der Waals surface area contributed by atoms with Gasteiger partial charge in [0.05, 0.1) is 5.75 Å². The molecule has 0 bridgehead atoms. The topological polar surface area (TPSA) is 55.1 Å². The number of amides is 1. The number of benzene rings is 2. The normalized spacial score (nSPS) is 10.4. The van der Waals surface area contributed by atoms with Crippen molar-refractivity contribution in [1.82, 2.24) is 0 Å². The zero-order valence-electron chi connectivity index (χ0n) is 11.9. The number of thioether (sulfide) groups is 1. The highest BCUT2D eigenvalue weighted by atomic mass is 79.9. The number of hydrogen-bond donors (Lipinski definition) is 2. The highest BCUT2D eigenvalue weighted by Crippen LogP contribution is 2.28. The van der Waals surface area contributed by atoms with E-state index in [1.54, 1.807) is 0 Å². The quantitative estimate of drug-likeness (QED) is 0.625. The number of rotatable bonds is 4. The number of carbonyl (C=O) groups is 1. The van der Waals surface area contributed by atoms with Crippen molar-refractivity contribution in [3.63, 3.8) is 0 Å². The summed E-state index contributed by atoms with van der Waals surface area (Å²) in [4.78, 5) is 13.0. The Bertz CT molecular complexity index is 673. The molecule has 0 atom stereocenters. The molecule has 2 rings (SSSR count). The van der Waals surface area contributed by atoms with E-state index in [-0.39, 0.29) is 5.91 Å². The molecule has 0 aromatic heterocycles. The number of hydrogen-bond acceptors (Lipinski definition) is 3. The number of aryl methyl sites for hydroxylation is 2. The fraction of sp³-hybridized carbons (Fsp3) is 0.188. The lowest BCUT2D eigenvalue weighted by Gasteiger charge is -2.10. The van der Waals surface area contributed by atoms with Gasteiger partial charge in [-0.2, -0.15) is 0 Å². The zero-order valence-corrected chi connectivity index (χ0v) is 14.3. The first-order valence-electron chi connectivity index (χ1n) is 6.50. The molecule has 0 saturated heterocycles. The van der Waals surface area contributed by atoms with Crippen LogP contribution in [0.25, 0.3) is 0 Å². The molecular weight excluding hydrogens is 348 g/mol. The molecule has 0 spiro atoms. The van der Waals surface area contributed by atoms with Crippen LogP contribution in [-0.2, 0) is 4.79 Å². The standard InChI is InChI=1S/C16H17BrN2OS/c1-10-3-4-11(2)14(7-10)19-16(20)9-21-15-6-5-12(17)8-13(15)18/h3-8H,9,18H2,1-2H3,(H,19,20). The van der Waals surface area contributed by atoms with Gasteiger partial charge in [0.25, 0.3) is 0 Å². The molecule has 0 saturated carbocycles. The Morgan fingerprint density at radius 3 is 2.71 bits per heavy atom. The number of nitrogen functional groups attached to an aromatic ring is 1. The van der Waals surface area contributed by atoms with Crippen molar-refractivity contribution in [3.8, 4) is 0 Å². The largest absolute Gasteiger partial charge is 0.398 e. The van der Waals surface area contributed by atoms with Crippen LogP contribution in [0.1, 0.15) is 11.1 Å². The van der Waals surface area contributed by atoms with E-state index in [4.69, 9.17) is 5.73 Å². The second kappa shape index (κ2) is 7.00. The lowest BCUT2D eigenvalue weighted by Crippen LogP contribution is -2.15. The van der Waals surface area contributed by atoms with Crippen LogP contribution in [0, 0.1) is 13.8 Å². The predicted octanol–water partition coefficient (Wildman–Crippen LogP) is 4.38. The molecular formula is C16H17BrN2OS. The van der Waals surface area contributed by atoms with Crippen molar-refractivity contribution >= 4 is 45.0 Å². The molecule has 0 fully saturated rings. The van der Waals surface area contributed by atoms with Crippen molar-refractivity contribution in [2.75, 3.05) is 16.8 Å². The monoisotopic (exact) mass is 364 g/mol. The minimum absolute atomic E-state index is 0.0315. The van der Waals surface area contributed by atoms with Gasteiger partial charge in [0.15, 0.2) is 0 Å². The van der Waals surface area contributed by atoms with Crippen molar-refractivity contribution < 1.29 is 4.79 Å². The molecule has 21 heavy (non-hydrogen) atoms. The summed E-state index contributed by atoms with van der Waals surface area (Å²) in [5.74, 6) is 0.301. The Morgan fingerprint density at radius 2 is 2.00 bits per heavy atom. The maximum absolute atomic E-state index is 12.0. The zero-order chi connectivity index (χ0) is 15.4. The fourth-order valence-electron chi connectivity index (χ4n) is 1.85. The van der Waals surface area contributed by atoms with E-state index in [0.717, 1.165) is 26.2 Å². The third-order valence-corrected chi connectivity index (χ3v) is 4.58. The summed E-state index contributed by atoms with van der Waals surface area (Å²) in [6, 6.07) is 11.7. The average Bonchev–Trinajstić information content (AvgIpc) is 2.42. The summed E-state index contributed by atoms with van der Waals surface area (Å²) >= 11 is 4.80. The first-order chi connectivity index (χ1) is 9.95. The SMILES string of the molecule is Cc1ccc(C)c(NC(=O)CSc2ccc(Br)cc2N)c1. The Labute approximate surface area is 137 Å². The van der Waals surface area contributed by atoms with Gasteiger partial charge >= 0.3 is 0 Å². The Morgan fingerprint density at radius 1 is 1.24 bits per heavy atom. The molecule has 110 valence electrons. The van der Waals surface area contributed by atoms with Gasteiger partial charge in [0, 0.05) is 20.7 Å². The third-order valence-electron chi connectivity index (χ3n) is 3.00. The lowest BCUT2D eigenvalue weighted by molar-refractivity contribution is -0.113. The van der Waals surface area contributed by atoms with Crippen LogP contribution in [-0.4, -0.2) is 11.7 Å². The molecule has 0 aliphatic carbocycles. The summed E-state index contributed by atoms with van der Waals surface area (Å²) in [7, 11) is 0. The van der Waals surface area contributed by atoms with Gasteiger partial charge < -0.3 is 11.1 Å². The maximum Gasteiger partial charge on any atom is 0.234 e. The minimum Gasteiger partial charge on any atom is -0.398 e. The van der Waals surface area contributed by atoms with E-state index in [1.165, 1.54) is 11.8 Å². The average molecular weight is 365 g/mol. The summed E-state index contributed by atoms with van der Waals surface area (Å²) < 4.78 is 0.934. The molecule has 0 heterocycles. The highest BCUT2D eigenvalue weighted by molar-refractivity contribution is 9.10. The van der Waals surface area contributed by atoms with Gasteiger partial charge in [0.2, 0.25) is 5.91 Å². The summed E-state index contributed by atoms with van der Waals surface area (Å²) in [6.45, 7) is 3.99. The predicted molar refractivity (Wildman–Crippen MR) is 93.8 cm³/mol. The Hall–Kier alpha value is -1.46. The Balaban J connectivity index is 1.97. The first kappa shape index (κ1) is 15.9. The molecule has 1 amide bonds. The maximum atomic E-state index is 12.0. The molecule has 0 aliphatic rings. The van der Waals surface area contributed by atoms with E-state index in [2.05, 4.69) is 21.2 Å². The molecule has 3 N–H and O–H groups in total. The second-order valence-electron chi connectivity index (χ2n) is 4.84. The molecule has 2 aromatic rings. The third kappa shape index (κ3) is 4.51. The van der Waals surface area contributed by atoms with Crippen LogP contribution in [0.4, 0.5) is 11.4 Å². The molecule has 0 radical (unpaired) electrons. The smallest absolute Gasteiger partial charge is 0.234 e. The Kier molecular flexibility index (Phi) is 5.31. The number of carbonyl (C=O) groups excluding carboxylic acids is 1. The number of nitrogens with two attached hydrogens (primary N) is 1. The first-order valence-corrected chi connectivity index (χ1v) is 8.28. The summed E-state index contributed by atoms with van der Waals surface area (Å²) in [5, 5.41) is 2.94. The van der Waals surface area contributed by atoms with Crippen LogP contribution in [0.5, 0.6) is 0 Å². The molecule has 5 heteroatoms. The van der Waals surface area contributed by atoms with Gasteiger partial charge in [-0.15, -0.1) is 11.8 Å². The second-order valence-corrected chi connectivity index (χ2v) is 6.77. The van der Waals surface area contributed by atoms with Crippen molar-refractivity contribution in [2.24, 2.45) is 0 Å². The molecule has 0 aliphatic heterocycles. The van der Waals surface area contributed by atoms with Crippen LogP contribution < -0.4 is 11.1 Å². The number of halogens is 1. The molecule has 0 unspecified atom stereocenters. The van der Waals surface area contributed by atoms with E-state index < -0.39 is 0 Å². The van der Waals surface area contributed by atoms with E-state index in [0.29, 0.717) is 11.4 Å².